The van der Waals surface area contributed by atoms with Crippen molar-refractivity contribution in [2.24, 2.45) is 0 Å². The summed E-state index contributed by atoms with van der Waals surface area (Å²) in [5.74, 6) is -0.969. The van der Waals surface area contributed by atoms with Crippen molar-refractivity contribution in [1.29, 1.82) is 0 Å². The summed E-state index contributed by atoms with van der Waals surface area (Å²) in [5, 5.41) is 14.1. The minimum atomic E-state index is -1.41. The molecule has 1 fully saturated rings. The number of carbonyl (C=O) groups excluding carboxylic acids is 3. The lowest BCUT2D eigenvalue weighted by molar-refractivity contribution is -0.384. The highest BCUT2D eigenvalue weighted by Gasteiger charge is 2.49. The molecule has 146 valence electrons. The fourth-order valence-electron chi connectivity index (χ4n) is 3.48. The van der Waals surface area contributed by atoms with Gasteiger partial charge in [0.05, 0.1) is 11.5 Å². The number of nitro groups is 1. The van der Waals surface area contributed by atoms with Crippen LogP contribution in [-0.4, -0.2) is 39.1 Å². The van der Waals surface area contributed by atoms with Crippen LogP contribution in [-0.2, 0) is 10.3 Å². The van der Waals surface area contributed by atoms with Crippen LogP contribution in [0.5, 0.6) is 0 Å². The van der Waals surface area contributed by atoms with Crippen LogP contribution in [0, 0.1) is 10.1 Å². The van der Waals surface area contributed by atoms with Crippen LogP contribution in [0.1, 0.15) is 22.8 Å². The van der Waals surface area contributed by atoms with Crippen molar-refractivity contribution in [1.82, 2.24) is 15.2 Å². The first-order valence-electron chi connectivity index (χ1n) is 8.79. The van der Waals surface area contributed by atoms with E-state index in [0.29, 0.717) is 16.5 Å². The van der Waals surface area contributed by atoms with E-state index in [1.54, 1.807) is 18.3 Å². The van der Waals surface area contributed by atoms with Crippen molar-refractivity contribution in [2.45, 2.75) is 12.5 Å². The molecule has 2 aromatic carbocycles. The summed E-state index contributed by atoms with van der Waals surface area (Å²) < 4.78 is 0. The molecule has 2 heterocycles. The molecule has 29 heavy (non-hydrogen) atoms. The van der Waals surface area contributed by atoms with Crippen LogP contribution >= 0.6 is 0 Å². The second-order valence-corrected chi connectivity index (χ2v) is 6.92. The molecule has 0 aliphatic carbocycles. The van der Waals surface area contributed by atoms with Gasteiger partial charge in [0.1, 0.15) is 5.54 Å². The number of para-hydroxylation sites is 1. The number of aromatic nitrogens is 1. The molecule has 1 unspecified atom stereocenters. The van der Waals surface area contributed by atoms with Gasteiger partial charge in [-0.05, 0) is 30.7 Å². The summed E-state index contributed by atoms with van der Waals surface area (Å²) in [6.45, 7) is 1.10. The minimum Gasteiger partial charge on any atom is -0.360 e. The number of hydrogen-bond donors (Lipinski definition) is 2. The molecule has 1 saturated heterocycles. The average molecular weight is 392 g/mol. The van der Waals surface area contributed by atoms with Crippen LogP contribution in [0.3, 0.4) is 0 Å². The highest BCUT2D eigenvalue weighted by atomic mass is 16.6. The van der Waals surface area contributed by atoms with Crippen LogP contribution in [0.25, 0.3) is 10.9 Å². The highest BCUT2D eigenvalue weighted by Crippen LogP contribution is 2.30. The summed E-state index contributed by atoms with van der Waals surface area (Å²) in [6.07, 6.45) is 1.56. The SMILES string of the molecule is CC1(c2ccc([N+](=O)[O-])cc2)NC(=O)N(CC(=O)c2c[nH]c3ccccc23)C1=O. The summed E-state index contributed by atoms with van der Waals surface area (Å²) in [5.41, 5.74) is 0.0325. The molecule has 9 nitrogen and oxygen atoms in total. The summed E-state index contributed by atoms with van der Waals surface area (Å²) >= 11 is 0. The van der Waals surface area contributed by atoms with E-state index < -0.39 is 28.9 Å². The molecule has 4 rings (SSSR count). The third-order valence-corrected chi connectivity index (χ3v) is 5.12. The molecule has 0 bridgehead atoms. The van der Waals surface area contributed by atoms with E-state index in [0.717, 1.165) is 10.4 Å². The van der Waals surface area contributed by atoms with E-state index in [-0.39, 0.29) is 11.5 Å². The van der Waals surface area contributed by atoms with Crippen molar-refractivity contribution in [3.8, 4) is 0 Å². The molecule has 0 spiro atoms. The predicted octanol–water partition coefficient (Wildman–Crippen LogP) is 2.73. The second-order valence-electron chi connectivity index (χ2n) is 6.92. The summed E-state index contributed by atoms with van der Waals surface area (Å²) in [6, 6.07) is 11.9. The first-order valence-corrected chi connectivity index (χ1v) is 8.79. The van der Waals surface area contributed by atoms with E-state index in [1.165, 1.54) is 31.2 Å². The number of Topliss-reactive ketones (excluding diaryl/α,β-unsaturated/α-hetero) is 1. The molecule has 1 aromatic heterocycles. The summed E-state index contributed by atoms with van der Waals surface area (Å²) in [4.78, 5) is 52.3. The Hall–Kier alpha value is -4.01. The number of ketones is 1. The van der Waals surface area contributed by atoms with Gasteiger partial charge in [0.15, 0.2) is 5.78 Å². The van der Waals surface area contributed by atoms with Gasteiger partial charge in [0.2, 0.25) is 0 Å². The molecule has 3 aromatic rings. The van der Waals surface area contributed by atoms with Crippen LogP contribution in [0.2, 0.25) is 0 Å². The Balaban J connectivity index is 1.59. The number of amides is 3. The second kappa shape index (κ2) is 6.55. The van der Waals surface area contributed by atoms with Crippen molar-refractivity contribution >= 4 is 34.3 Å². The van der Waals surface area contributed by atoms with Crippen LogP contribution in [0.4, 0.5) is 10.5 Å². The molecule has 0 radical (unpaired) electrons. The van der Waals surface area contributed by atoms with E-state index in [1.807, 2.05) is 12.1 Å². The highest BCUT2D eigenvalue weighted by molar-refractivity contribution is 6.14. The number of hydrogen-bond acceptors (Lipinski definition) is 5. The van der Waals surface area contributed by atoms with Gasteiger partial charge in [-0.15, -0.1) is 0 Å². The number of urea groups is 1. The number of imide groups is 1. The van der Waals surface area contributed by atoms with Gasteiger partial charge in [0.25, 0.3) is 11.6 Å². The first-order chi connectivity index (χ1) is 13.8. The fourth-order valence-corrected chi connectivity index (χ4v) is 3.48. The number of non-ortho nitro benzene ring substituents is 1. The number of rotatable bonds is 5. The Morgan fingerprint density at radius 2 is 1.83 bits per heavy atom. The lowest BCUT2D eigenvalue weighted by Gasteiger charge is -2.22. The topological polar surface area (TPSA) is 125 Å². The number of benzene rings is 2. The maximum atomic E-state index is 13.0. The van der Waals surface area contributed by atoms with Gasteiger partial charge < -0.3 is 10.3 Å². The van der Waals surface area contributed by atoms with E-state index in [4.69, 9.17) is 0 Å². The molecule has 3 amide bonds. The average Bonchev–Trinajstić information content (AvgIpc) is 3.23. The number of nitro benzene ring substituents is 1. The lowest BCUT2D eigenvalue weighted by Crippen LogP contribution is -2.41. The van der Waals surface area contributed by atoms with Crippen molar-refractivity contribution in [2.75, 3.05) is 6.54 Å². The van der Waals surface area contributed by atoms with Crippen molar-refractivity contribution in [3.05, 3.63) is 76.0 Å². The zero-order chi connectivity index (χ0) is 20.8. The number of carbonyl (C=O) groups is 3. The lowest BCUT2D eigenvalue weighted by atomic mass is 9.92. The normalized spacial score (nSPS) is 18.9. The standard InChI is InChI=1S/C20H16N4O5/c1-20(12-6-8-13(9-7-12)24(28)29)18(26)23(19(27)22-20)11-17(25)15-10-21-16-5-3-2-4-14(15)16/h2-10,21H,11H2,1H3,(H,22,27). The first kappa shape index (κ1) is 18.4. The van der Waals surface area contributed by atoms with Crippen molar-refractivity contribution in [3.63, 3.8) is 0 Å². The minimum absolute atomic E-state index is 0.125. The smallest absolute Gasteiger partial charge is 0.325 e. The molecule has 9 heteroatoms. The zero-order valence-electron chi connectivity index (χ0n) is 15.3. The monoisotopic (exact) mass is 392 g/mol. The number of nitrogens with zero attached hydrogens (tertiary/aromatic N) is 2. The van der Waals surface area contributed by atoms with Gasteiger partial charge in [-0.2, -0.15) is 0 Å². The van der Waals surface area contributed by atoms with E-state index in [9.17, 15) is 24.5 Å². The van der Waals surface area contributed by atoms with E-state index >= 15 is 0 Å². The number of fused-ring (bicyclic) bond motifs is 1. The maximum absolute atomic E-state index is 13.0. The molecule has 2 N–H and O–H groups in total. The van der Waals surface area contributed by atoms with Crippen LogP contribution in [0.15, 0.2) is 54.7 Å². The molecule has 0 saturated carbocycles. The Morgan fingerprint density at radius 1 is 1.14 bits per heavy atom. The van der Waals surface area contributed by atoms with Crippen molar-refractivity contribution < 1.29 is 19.3 Å². The van der Waals surface area contributed by atoms with Gasteiger partial charge in [-0.3, -0.25) is 24.6 Å². The Labute approximate surface area is 164 Å². The zero-order valence-corrected chi connectivity index (χ0v) is 15.3. The third-order valence-electron chi connectivity index (χ3n) is 5.12. The van der Waals surface area contributed by atoms with Gasteiger partial charge in [-0.25, -0.2) is 4.79 Å². The predicted molar refractivity (Wildman–Crippen MR) is 103 cm³/mol. The number of nitrogens with one attached hydrogen (secondary N) is 2. The molecular formula is C20H16N4O5. The number of aromatic amines is 1. The maximum Gasteiger partial charge on any atom is 0.325 e. The third kappa shape index (κ3) is 2.92. The van der Waals surface area contributed by atoms with Crippen LogP contribution < -0.4 is 5.32 Å². The van der Waals surface area contributed by atoms with Gasteiger partial charge >= 0.3 is 6.03 Å². The number of H-pyrrole nitrogens is 1. The molecule has 1 atom stereocenters. The van der Waals surface area contributed by atoms with Gasteiger partial charge in [-0.1, -0.05) is 18.2 Å². The Morgan fingerprint density at radius 3 is 2.52 bits per heavy atom. The quantitative estimate of drug-likeness (QED) is 0.299. The van der Waals surface area contributed by atoms with Gasteiger partial charge in [0, 0.05) is 34.8 Å². The fraction of sp³-hybridized carbons (Fsp3) is 0.150. The van der Waals surface area contributed by atoms with E-state index in [2.05, 4.69) is 10.3 Å². The Bertz CT molecular complexity index is 1170. The summed E-state index contributed by atoms with van der Waals surface area (Å²) in [7, 11) is 0. The largest absolute Gasteiger partial charge is 0.360 e. The molecular weight excluding hydrogens is 376 g/mol. The molecule has 1 aliphatic rings. The Kier molecular flexibility index (Phi) is 4.15. The molecule has 1 aliphatic heterocycles.